The first-order valence-electron chi connectivity index (χ1n) is 8.81. The summed E-state index contributed by atoms with van der Waals surface area (Å²) < 4.78 is 0. The van der Waals surface area contributed by atoms with Gasteiger partial charge in [0.05, 0.1) is 0 Å². The first kappa shape index (κ1) is 16.7. The Hall–Kier alpha value is -2.14. The summed E-state index contributed by atoms with van der Waals surface area (Å²) in [5.41, 5.74) is 2.92. The Labute approximate surface area is 143 Å². The van der Waals surface area contributed by atoms with Crippen LogP contribution in [-0.2, 0) is 13.0 Å². The molecule has 0 bridgehead atoms. The zero-order valence-electron chi connectivity index (χ0n) is 14.5. The van der Waals surface area contributed by atoms with Crippen LogP contribution in [0.4, 0.5) is 11.6 Å². The van der Waals surface area contributed by atoms with E-state index in [1.54, 1.807) is 0 Å². The lowest BCUT2D eigenvalue weighted by Crippen LogP contribution is -2.32. The molecule has 1 aromatic carbocycles. The van der Waals surface area contributed by atoms with Crippen LogP contribution in [0, 0.1) is 5.92 Å². The SMILES string of the molecule is CCc1cc(=O)[nH]c(Nc2ccc(CN3CCC(C)CC3)cc2)n1. The van der Waals surface area contributed by atoms with Gasteiger partial charge >= 0.3 is 0 Å². The van der Waals surface area contributed by atoms with E-state index in [0.717, 1.165) is 30.3 Å². The minimum Gasteiger partial charge on any atom is -0.326 e. The largest absolute Gasteiger partial charge is 0.326 e. The molecular weight excluding hydrogens is 300 g/mol. The van der Waals surface area contributed by atoms with Gasteiger partial charge in [-0.1, -0.05) is 26.0 Å². The number of hydrogen-bond donors (Lipinski definition) is 2. The number of piperidine rings is 1. The fourth-order valence-corrected chi connectivity index (χ4v) is 3.06. The fourth-order valence-electron chi connectivity index (χ4n) is 3.06. The number of aromatic nitrogens is 2. The molecule has 1 aliphatic rings. The molecule has 2 heterocycles. The average Bonchev–Trinajstić information content (AvgIpc) is 2.58. The van der Waals surface area contributed by atoms with Crippen LogP contribution >= 0.6 is 0 Å². The Kier molecular flexibility index (Phi) is 5.30. The van der Waals surface area contributed by atoms with Crippen molar-refractivity contribution in [3.05, 3.63) is 51.9 Å². The second-order valence-electron chi connectivity index (χ2n) is 6.72. The zero-order chi connectivity index (χ0) is 16.9. The summed E-state index contributed by atoms with van der Waals surface area (Å²) in [6.45, 7) is 7.71. The molecule has 1 aliphatic heterocycles. The van der Waals surface area contributed by atoms with Gasteiger partial charge in [-0.3, -0.25) is 14.7 Å². The number of benzene rings is 1. The minimum atomic E-state index is -0.125. The van der Waals surface area contributed by atoms with Crippen LogP contribution in [0.1, 0.15) is 37.9 Å². The van der Waals surface area contributed by atoms with E-state index in [1.165, 1.54) is 37.6 Å². The molecule has 1 fully saturated rings. The normalized spacial score (nSPS) is 16.2. The fraction of sp³-hybridized carbons (Fsp3) is 0.474. The zero-order valence-corrected chi connectivity index (χ0v) is 14.5. The van der Waals surface area contributed by atoms with E-state index in [0.29, 0.717) is 5.95 Å². The Morgan fingerprint density at radius 2 is 1.96 bits per heavy atom. The molecule has 2 N–H and O–H groups in total. The topological polar surface area (TPSA) is 61.0 Å². The van der Waals surface area contributed by atoms with Gasteiger partial charge in [-0.15, -0.1) is 0 Å². The van der Waals surface area contributed by atoms with Crippen molar-refractivity contribution in [1.29, 1.82) is 0 Å². The van der Waals surface area contributed by atoms with Gasteiger partial charge in [0.1, 0.15) is 0 Å². The highest BCUT2D eigenvalue weighted by molar-refractivity contribution is 5.53. The minimum absolute atomic E-state index is 0.125. The molecule has 1 saturated heterocycles. The second kappa shape index (κ2) is 7.62. The molecule has 2 aromatic rings. The van der Waals surface area contributed by atoms with Crippen molar-refractivity contribution < 1.29 is 0 Å². The maximum Gasteiger partial charge on any atom is 0.252 e. The third-order valence-electron chi connectivity index (χ3n) is 4.66. The van der Waals surface area contributed by atoms with Gasteiger partial charge < -0.3 is 5.32 Å². The first-order chi connectivity index (χ1) is 11.6. The lowest BCUT2D eigenvalue weighted by molar-refractivity contribution is 0.185. The van der Waals surface area contributed by atoms with Crippen LogP contribution < -0.4 is 10.9 Å². The molecule has 0 atom stereocenters. The maximum absolute atomic E-state index is 11.6. The molecular formula is C19H26N4O. The highest BCUT2D eigenvalue weighted by atomic mass is 16.1. The van der Waals surface area contributed by atoms with Gasteiger partial charge in [0.25, 0.3) is 5.56 Å². The van der Waals surface area contributed by atoms with E-state index in [-0.39, 0.29) is 5.56 Å². The average molecular weight is 326 g/mol. The molecule has 128 valence electrons. The molecule has 24 heavy (non-hydrogen) atoms. The quantitative estimate of drug-likeness (QED) is 0.885. The van der Waals surface area contributed by atoms with Crippen molar-refractivity contribution in [2.45, 2.75) is 39.7 Å². The van der Waals surface area contributed by atoms with Crippen LogP contribution in [0.25, 0.3) is 0 Å². The predicted octanol–water partition coefficient (Wildman–Crippen LogP) is 3.31. The Morgan fingerprint density at radius 3 is 2.62 bits per heavy atom. The molecule has 1 aromatic heterocycles. The number of hydrogen-bond acceptors (Lipinski definition) is 4. The number of rotatable bonds is 5. The predicted molar refractivity (Wildman–Crippen MR) is 97.6 cm³/mol. The van der Waals surface area contributed by atoms with Crippen molar-refractivity contribution in [3.63, 3.8) is 0 Å². The summed E-state index contributed by atoms with van der Waals surface area (Å²) in [6.07, 6.45) is 3.34. The summed E-state index contributed by atoms with van der Waals surface area (Å²) in [5, 5.41) is 3.18. The van der Waals surface area contributed by atoms with Crippen molar-refractivity contribution in [1.82, 2.24) is 14.9 Å². The third-order valence-corrected chi connectivity index (χ3v) is 4.66. The molecule has 0 unspecified atom stereocenters. The summed E-state index contributed by atoms with van der Waals surface area (Å²) in [6, 6.07) is 9.90. The lowest BCUT2D eigenvalue weighted by atomic mass is 9.99. The molecule has 0 spiro atoms. The van der Waals surface area contributed by atoms with E-state index in [9.17, 15) is 4.79 Å². The summed E-state index contributed by atoms with van der Waals surface area (Å²) in [7, 11) is 0. The monoisotopic (exact) mass is 326 g/mol. The summed E-state index contributed by atoms with van der Waals surface area (Å²) >= 11 is 0. The highest BCUT2D eigenvalue weighted by Gasteiger charge is 2.15. The summed E-state index contributed by atoms with van der Waals surface area (Å²) in [5.74, 6) is 1.36. The second-order valence-corrected chi connectivity index (χ2v) is 6.72. The van der Waals surface area contributed by atoms with E-state index in [2.05, 4.69) is 39.2 Å². The Morgan fingerprint density at radius 1 is 1.25 bits per heavy atom. The number of likely N-dealkylation sites (tertiary alicyclic amines) is 1. The van der Waals surface area contributed by atoms with Crippen molar-refractivity contribution >= 4 is 11.6 Å². The maximum atomic E-state index is 11.6. The lowest BCUT2D eigenvalue weighted by Gasteiger charge is -2.30. The van der Waals surface area contributed by atoms with Gasteiger partial charge in [0.2, 0.25) is 5.95 Å². The number of anilines is 2. The van der Waals surface area contributed by atoms with Crippen molar-refractivity contribution in [2.75, 3.05) is 18.4 Å². The van der Waals surface area contributed by atoms with E-state index in [1.807, 2.05) is 19.1 Å². The van der Waals surface area contributed by atoms with Crippen LogP contribution in [0.2, 0.25) is 0 Å². The number of H-pyrrole nitrogens is 1. The highest BCUT2D eigenvalue weighted by Crippen LogP contribution is 2.19. The van der Waals surface area contributed by atoms with Crippen LogP contribution in [0.5, 0.6) is 0 Å². The van der Waals surface area contributed by atoms with Crippen LogP contribution in [-0.4, -0.2) is 28.0 Å². The molecule has 0 amide bonds. The van der Waals surface area contributed by atoms with Gasteiger partial charge in [-0.05, 0) is 56.0 Å². The van der Waals surface area contributed by atoms with Gasteiger partial charge in [0, 0.05) is 24.0 Å². The van der Waals surface area contributed by atoms with E-state index < -0.39 is 0 Å². The molecule has 0 radical (unpaired) electrons. The molecule has 3 rings (SSSR count). The van der Waals surface area contributed by atoms with Crippen LogP contribution in [0.15, 0.2) is 35.1 Å². The van der Waals surface area contributed by atoms with Gasteiger partial charge in [-0.25, -0.2) is 4.98 Å². The number of aryl methyl sites for hydroxylation is 1. The van der Waals surface area contributed by atoms with Crippen molar-refractivity contribution in [2.24, 2.45) is 5.92 Å². The summed E-state index contributed by atoms with van der Waals surface area (Å²) in [4.78, 5) is 21.3. The van der Waals surface area contributed by atoms with Gasteiger partial charge in [0.15, 0.2) is 0 Å². The standard InChI is InChI=1S/C19H26N4O/c1-3-16-12-18(24)22-19(20-16)21-17-6-4-15(5-7-17)13-23-10-8-14(2)9-11-23/h4-7,12,14H,3,8-11,13H2,1-2H3,(H2,20,21,22,24). The van der Waals surface area contributed by atoms with E-state index >= 15 is 0 Å². The van der Waals surface area contributed by atoms with Crippen LogP contribution in [0.3, 0.4) is 0 Å². The first-order valence-corrected chi connectivity index (χ1v) is 8.81. The molecule has 5 heteroatoms. The molecule has 0 saturated carbocycles. The van der Waals surface area contributed by atoms with E-state index in [4.69, 9.17) is 0 Å². The Bertz CT molecular complexity index is 715. The number of aromatic amines is 1. The van der Waals surface area contributed by atoms with Gasteiger partial charge in [-0.2, -0.15) is 0 Å². The molecule has 0 aliphatic carbocycles. The third kappa shape index (κ3) is 4.45. The smallest absolute Gasteiger partial charge is 0.252 e. The number of nitrogens with zero attached hydrogens (tertiary/aromatic N) is 2. The molecule has 5 nitrogen and oxygen atoms in total. The Balaban J connectivity index is 1.62. The number of nitrogens with one attached hydrogen (secondary N) is 2. The van der Waals surface area contributed by atoms with Crippen molar-refractivity contribution in [3.8, 4) is 0 Å².